The SMILES string of the molecule is COc1cc(N=Nc2ccc3c(SOO[O-])cccc3c2S(=O)(=O)[O-])c(C)cc1N=Nc1c(SOO[O-])cc2cc(N)ccc2c1O.[Na+].[Na+].[Na+]. The standard InChI is InChI=1S/C28H23N5O11S3.3Na/c1-14-10-22(32-33-26-25(46-44-42-36)12-15-11-16(29)6-7-17(15)27(26)34)23(40-2)13-21(14)31-30-20-9-8-18-19(28(20)47(37,38)39)4-3-5-24(18)45-43-41-35;;;/h3-13,34-36H,29H2,1-2H3,(H,37,38,39);;;/q;3*+1/p-3. The Balaban J connectivity index is 0.00000289. The molecule has 0 radical (unpaired) electrons. The van der Waals surface area contributed by atoms with Crippen molar-refractivity contribution in [3.8, 4) is 11.5 Å². The van der Waals surface area contributed by atoms with Crippen molar-refractivity contribution in [1.29, 1.82) is 0 Å². The van der Waals surface area contributed by atoms with Gasteiger partial charge in [0, 0.05) is 27.4 Å². The Bertz CT molecular complexity index is 2160. The minimum absolute atomic E-state index is 0. The van der Waals surface area contributed by atoms with Crippen molar-refractivity contribution in [3.05, 3.63) is 72.3 Å². The molecular formula is C28H20N5Na3O11S3. The van der Waals surface area contributed by atoms with E-state index in [1.165, 1.54) is 43.5 Å². The van der Waals surface area contributed by atoms with E-state index in [1.807, 2.05) is 0 Å². The number of azo groups is 2. The van der Waals surface area contributed by atoms with Gasteiger partial charge in [-0.1, -0.05) is 18.2 Å². The molecule has 0 amide bonds. The zero-order valence-corrected chi connectivity index (χ0v) is 35.4. The van der Waals surface area contributed by atoms with E-state index < -0.39 is 15.0 Å². The molecule has 5 aromatic rings. The number of hydrogen-bond acceptors (Lipinski definition) is 18. The monoisotopic (exact) mass is 767 g/mol. The number of nitrogens with two attached hydrogens (primary N) is 1. The van der Waals surface area contributed by atoms with Crippen molar-refractivity contribution >= 4 is 84.2 Å². The van der Waals surface area contributed by atoms with Crippen LogP contribution in [0.25, 0.3) is 21.5 Å². The first kappa shape index (κ1) is 44.7. The summed E-state index contributed by atoms with van der Waals surface area (Å²) in [5.74, 6) is -0.0898. The number of rotatable bonds is 12. The summed E-state index contributed by atoms with van der Waals surface area (Å²) in [6, 6.07) is 16.6. The van der Waals surface area contributed by atoms with Crippen LogP contribution in [0.15, 0.2) is 102 Å². The van der Waals surface area contributed by atoms with Gasteiger partial charge < -0.3 is 30.6 Å². The van der Waals surface area contributed by atoms with Crippen LogP contribution in [0.1, 0.15) is 5.56 Å². The number of phenols is 1. The number of benzene rings is 5. The summed E-state index contributed by atoms with van der Waals surface area (Å²) in [6.07, 6.45) is 0. The number of phenolic OH excluding ortho intramolecular Hbond substituents is 1. The Morgan fingerprint density at radius 3 is 2.06 bits per heavy atom. The van der Waals surface area contributed by atoms with Crippen LogP contribution in [-0.2, 0) is 28.9 Å². The quantitative estimate of drug-likeness (QED) is 0.0242. The van der Waals surface area contributed by atoms with Crippen molar-refractivity contribution in [2.45, 2.75) is 21.6 Å². The average Bonchev–Trinajstić information content (AvgIpc) is 3.04. The van der Waals surface area contributed by atoms with Crippen LogP contribution >= 0.6 is 24.1 Å². The Hall–Kier alpha value is -1.41. The predicted octanol–water partition coefficient (Wildman–Crippen LogP) is -3.19. The van der Waals surface area contributed by atoms with Gasteiger partial charge in [0.15, 0.2) is 5.75 Å². The third-order valence-electron chi connectivity index (χ3n) is 6.60. The zero-order valence-electron chi connectivity index (χ0n) is 27.0. The molecule has 0 aliphatic carbocycles. The largest absolute Gasteiger partial charge is 1.00 e. The molecule has 0 aliphatic heterocycles. The molecule has 0 bridgehead atoms. The fourth-order valence-electron chi connectivity index (χ4n) is 4.56. The Labute approximate surface area is 359 Å². The summed E-state index contributed by atoms with van der Waals surface area (Å²) in [5.41, 5.74) is 6.97. The van der Waals surface area contributed by atoms with Gasteiger partial charge in [-0.2, -0.15) is 13.8 Å². The second-order valence-corrected chi connectivity index (χ2v) is 12.2. The van der Waals surface area contributed by atoms with Crippen LogP contribution in [0, 0.1) is 6.92 Å². The molecule has 0 spiro atoms. The van der Waals surface area contributed by atoms with Crippen molar-refractivity contribution in [2.75, 3.05) is 12.8 Å². The molecule has 0 fully saturated rings. The Morgan fingerprint density at radius 1 is 0.760 bits per heavy atom. The van der Waals surface area contributed by atoms with E-state index in [0.717, 1.165) is 0 Å². The molecule has 5 rings (SSSR count). The van der Waals surface area contributed by atoms with Gasteiger partial charge in [0.1, 0.15) is 32.9 Å². The molecule has 0 unspecified atom stereocenters. The van der Waals surface area contributed by atoms with E-state index in [2.05, 4.69) is 39.2 Å². The molecule has 0 aromatic heterocycles. The van der Waals surface area contributed by atoms with Crippen molar-refractivity contribution in [1.82, 2.24) is 0 Å². The van der Waals surface area contributed by atoms with E-state index in [1.54, 1.807) is 37.3 Å². The van der Waals surface area contributed by atoms with E-state index in [-0.39, 0.29) is 133 Å². The number of methoxy groups -OCH3 is 1. The molecule has 5 aromatic carbocycles. The second-order valence-electron chi connectivity index (χ2n) is 9.42. The minimum Gasteiger partial charge on any atom is -0.744 e. The number of nitrogens with zero attached hydrogens (tertiary/aromatic N) is 4. The Kier molecular flexibility index (Phi) is 18.0. The third kappa shape index (κ3) is 10.4. The second kappa shape index (κ2) is 20.2. The molecule has 22 heteroatoms. The average molecular weight is 768 g/mol. The topological polar surface area (TPSA) is 245 Å². The van der Waals surface area contributed by atoms with Crippen LogP contribution in [-0.4, -0.2) is 25.2 Å². The van der Waals surface area contributed by atoms with Crippen LogP contribution in [0.3, 0.4) is 0 Å². The summed E-state index contributed by atoms with van der Waals surface area (Å²) in [5, 5.41) is 56.5. The molecule has 0 saturated heterocycles. The fourth-order valence-corrected chi connectivity index (χ4v) is 6.37. The number of ether oxygens (including phenoxy) is 1. The van der Waals surface area contributed by atoms with Gasteiger partial charge in [-0.05, 0) is 65.7 Å². The molecule has 3 N–H and O–H groups in total. The van der Waals surface area contributed by atoms with Crippen molar-refractivity contribution in [3.63, 3.8) is 0 Å². The van der Waals surface area contributed by atoms with Crippen LogP contribution in [0.5, 0.6) is 11.5 Å². The first-order chi connectivity index (χ1) is 22.5. The van der Waals surface area contributed by atoms with Crippen molar-refractivity contribution in [2.24, 2.45) is 20.5 Å². The van der Waals surface area contributed by atoms with Crippen LogP contribution < -0.4 is 110 Å². The van der Waals surface area contributed by atoms with E-state index >= 15 is 0 Å². The van der Waals surface area contributed by atoms with E-state index in [0.29, 0.717) is 56.4 Å². The fraction of sp³-hybridized carbons (Fsp3) is 0.0714. The normalized spacial score (nSPS) is 11.5. The minimum atomic E-state index is -5.06. The summed E-state index contributed by atoms with van der Waals surface area (Å²) < 4.78 is 51.3. The molecule has 0 aliphatic rings. The summed E-state index contributed by atoms with van der Waals surface area (Å²) in [6.45, 7) is 1.67. The molecule has 0 saturated carbocycles. The van der Waals surface area contributed by atoms with Gasteiger partial charge in [-0.25, -0.2) is 8.42 Å². The molecule has 50 heavy (non-hydrogen) atoms. The number of aryl methyl sites for hydroxylation is 1. The molecular weight excluding hydrogens is 748 g/mol. The number of fused-ring (bicyclic) bond motifs is 2. The molecule has 16 nitrogen and oxygen atoms in total. The summed E-state index contributed by atoms with van der Waals surface area (Å²) in [4.78, 5) is -0.120. The maximum Gasteiger partial charge on any atom is 1.00 e. The number of anilines is 1. The van der Waals surface area contributed by atoms with Crippen molar-refractivity contribution < 1.29 is 141 Å². The molecule has 0 heterocycles. The first-order valence-corrected chi connectivity index (χ1v) is 15.8. The van der Waals surface area contributed by atoms with Gasteiger partial charge in [0.05, 0.1) is 46.7 Å². The molecule has 244 valence electrons. The van der Waals surface area contributed by atoms with E-state index in [4.69, 9.17) is 10.5 Å². The summed E-state index contributed by atoms with van der Waals surface area (Å²) >= 11 is 1.05. The number of aromatic hydroxyl groups is 1. The van der Waals surface area contributed by atoms with Gasteiger partial charge in [-0.3, -0.25) is 10.1 Å². The van der Waals surface area contributed by atoms with Crippen LogP contribution in [0.2, 0.25) is 0 Å². The predicted molar refractivity (Wildman–Crippen MR) is 164 cm³/mol. The maximum absolute atomic E-state index is 12.3. The third-order valence-corrected chi connectivity index (χ3v) is 8.80. The number of hydrogen-bond donors (Lipinski definition) is 2. The Morgan fingerprint density at radius 2 is 1.40 bits per heavy atom. The maximum atomic E-state index is 12.3. The first-order valence-electron chi connectivity index (χ1n) is 12.9. The van der Waals surface area contributed by atoms with Gasteiger partial charge >= 0.3 is 88.7 Å². The van der Waals surface area contributed by atoms with E-state index in [9.17, 15) is 28.6 Å². The van der Waals surface area contributed by atoms with Gasteiger partial charge in [-0.15, -0.1) is 15.3 Å². The zero-order chi connectivity index (χ0) is 33.7. The molecule has 0 atom stereocenters. The van der Waals surface area contributed by atoms with Crippen LogP contribution in [0.4, 0.5) is 28.4 Å². The van der Waals surface area contributed by atoms with Gasteiger partial charge in [0.2, 0.25) is 0 Å². The smallest absolute Gasteiger partial charge is 0.744 e. The summed E-state index contributed by atoms with van der Waals surface area (Å²) in [7, 11) is -3.69. The van der Waals surface area contributed by atoms with Gasteiger partial charge in [0.25, 0.3) is 0 Å². The number of nitrogen functional groups attached to an aromatic ring is 1.